The van der Waals surface area contributed by atoms with Crippen molar-refractivity contribution in [3.05, 3.63) is 70.8 Å². The Bertz CT molecular complexity index is 699. The Balaban J connectivity index is 1.98. The highest BCUT2D eigenvalue weighted by molar-refractivity contribution is 5.89. The maximum Gasteiger partial charge on any atom is 0.416 e. The van der Waals surface area contributed by atoms with Crippen LogP contribution in [0.1, 0.15) is 27.0 Å². The van der Waals surface area contributed by atoms with Gasteiger partial charge in [-0.1, -0.05) is 12.1 Å². The van der Waals surface area contributed by atoms with E-state index in [0.717, 1.165) is 48.5 Å². The van der Waals surface area contributed by atoms with Crippen molar-refractivity contribution in [2.45, 2.75) is 19.0 Å². The molecule has 2 rings (SSSR count). The molecule has 8 heteroatoms. The van der Waals surface area contributed by atoms with Crippen molar-refractivity contribution in [3.63, 3.8) is 0 Å². The number of carbonyl (C=O) groups excluding carboxylic acids is 1. The molecule has 0 aliphatic carbocycles. The fourth-order valence-corrected chi connectivity index (χ4v) is 1.82. The molecule has 2 aromatic carbocycles. The number of hydrogen-bond acceptors (Lipinski definition) is 2. The minimum absolute atomic E-state index is 0.0880. The summed E-state index contributed by atoms with van der Waals surface area (Å²) < 4.78 is 79.3. The lowest BCUT2D eigenvalue weighted by Crippen LogP contribution is -2.08. The highest BCUT2D eigenvalue weighted by Gasteiger charge is 2.31. The average molecular weight is 348 g/mol. The summed E-state index contributed by atoms with van der Waals surface area (Å²) in [6.07, 6.45) is -8.97. The molecule has 24 heavy (non-hydrogen) atoms. The van der Waals surface area contributed by atoms with Crippen LogP contribution in [0.15, 0.2) is 48.5 Å². The van der Waals surface area contributed by atoms with E-state index in [2.05, 4.69) is 0 Å². The van der Waals surface area contributed by atoms with Gasteiger partial charge in [-0.2, -0.15) is 26.3 Å². The number of esters is 1. The molecular weight excluding hydrogens is 338 g/mol. The first-order valence-electron chi connectivity index (χ1n) is 6.58. The smallest absolute Gasteiger partial charge is 0.416 e. The van der Waals surface area contributed by atoms with Crippen LogP contribution in [0.2, 0.25) is 0 Å². The number of ether oxygens (including phenoxy) is 1. The van der Waals surface area contributed by atoms with Crippen LogP contribution in [0.25, 0.3) is 0 Å². The van der Waals surface area contributed by atoms with Gasteiger partial charge >= 0.3 is 18.3 Å². The second-order valence-corrected chi connectivity index (χ2v) is 4.85. The molecule has 0 bridgehead atoms. The quantitative estimate of drug-likeness (QED) is 0.571. The zero-order chi connectivity index (χ0) is 18.0. The predicted molar refractivity (Wildman–Crippen MR) is 72.0 cm³/mol. The maximum atomic E-state index is 12.4. The first-order valence-corrected chi connectivity index (χ1v) is 6.58. The summed E-state index contributed by atoms with van der Waals surface area (Å²) in [5.41, 5.74) is -1.50. The molecule has 0 saturated heterocycles. The summed E-state index contributed by atoms with van der Waals surface area (Å²) in [4.78, 5) is 11.7. The largest absolute Gasteiger partial charge is 0.457 e. The summed E-state index contributed by atoms with van der Waals surface area (Å²) in [5, 5.41) is 0. The number of rotatable bonds is 3. The van der Waals surface area contributed by atoms with E-state index in [0.29, 0.717) is 5.56 Å². The molecule has 128 valence electrons. The van der Waals surface area contributed by atoms with E-state index >= 15 is 0 Å². The van der Waals surface area contributed by atoms with Gasteiger partial charge in [0, 0.05) is 0 Å². The lowest BCUT2D eigenvalue weighted by atomic mass is 10.1. The van der Waals surface area contributed by atoms with E-state index in [-0.39, 0.29) is 12.2 Å². The first kappa shape index (κ1) is 17.8. The number of hydrogen-bond donors (Lipinski definition) is 0. The summed E-state index contributed by atoms with van der Waals surface area (Å²) in [6, 6.07) is 7.44. The Morgan fingerprint density at radius 2 is 1.17 bits per heavy atom. The van der Waals surface area contributed by atoms with Gasteiger partial charge in [-0.25, -0.2) is 4.79 Å². The predicted octanol–water partition coefficient (Wildman–Crippen LogP) is 5.08. The Morgan fingerprint density at radius 1 is 0.750 bits per heavy atom. The van der Waals surface area contributed by atoms with E-state index in [1.54, 1.807) is 0 Å². The molecule has 0 aromatic heterocycles. The highest BCUT2D eigenvalue weighted by atomic mass is 19.4. The molecule has 0 atom stereocenters. The molecule has 0 heterocycles. The average Bonchev–Trinajstić information content (AvgIpc) is 2.51. The monoisotopic (exact) mass is 348 g/mol. The molecule has 0 unspecified atom stereocenters. The van der Waals surface area contributed by atoms with Crippen LogP contribution in [0.3, 0.4) is 0 Å². The van der Waals surface area contributed by atoms with Gasteiger partial charge in [0.2, 0.25) is 0 Å². The van der Waals surface area contributed by atoms with Crippen molar-refractivity contribution in [1.29, 1.82) is 0 Å². The molecule has 0 fully saturated rings. The van der Waals surface area contributed by atoms with Crippen LogP contribution in [0, 0.1) is 0 Å². The Kier molecular flexibility index (Phi) is 4.86. The zero-order valence-electron chi connectivity index (χ0n) is 11.9. The van der Waals surface area contributed by atoms with Gasteiger partial charge in [-0.05, 0) is 42.0 Å². The lowest BCUT2D eigenvalue weighted by molar-refractivity contribution is -0.138. The van der Waals surface area contributed by atoms with Crippen molar-refractivity contribution >= 4 is 5.97 Å². The highest BCUT2D eigenvalue weighted by Crippen LogP contribution is 2.30. The van der Waals surface area contributed by atoms with Crippen LogP contribution >= 0.6 is 0 Å². The molecule has 0 aliphatic rings. The number of alkyl halides is 6. The second kappa shape index (κ2) is 6.54. The zero-order valence-corrected chi connectivity index (χ0v) is 11.9. The van der Waals surface area contributed by atoms with Crippen LogP contribution in [0.4, 0.5) is 26.3 Å². The van der Waals surface area contributed by atoms with Gasteiger partial charge in [0.25, 0.3) is 0 Å². The van der Waals surface area contributed by atoms with Gasteiger partial charge in [0.05, 0.1) is 16.7 Å². The summed E-state index contributed by atoms with van der Waals surface area (Å²) in [5.74, 6) is -0.872. The minimum atomic E-state index is -4.51. The maximum absolute atomic E-state index is 12.4. The molecule has 0 spiro atoms. The summed E-state index contributed by atoms with van der Waals surface area (Å²) in [7, 11) is 0. The van der Waals surface area contributed by atoms with Crippen LogP contribution in [-0.2, 0) is 23.7 Å². The minimum Gasteiger partial charge on any atom is -0.457 e. The van der Waals surface area contributed by atoms with Crippen LogP contribution in [-0.4, -0.2) is 5.97 Å². The molecule has 0 radical (unpaired) electrons. The van der Waals surface area contributed by atoms with E-state index in [1.165, 1.54) is 0 Å². The Hall–Kier alpha value is -2.51. The van der Waals surface area contributed by atoms with Crippen LogP contribution < -0.4 is 0 Å². The molecule has 0 amide bonds. The van der Waals surface area contributed by atoms with Crippen molar-refractivity contribution in [3.8, 4) is 0 Å². The van der Waals surface area contributed by atoms with Gasteiger partial charge in [-0.15, -0.1) is 0 Å². The molecule has 2 nitrogen and oxygen atoms in total. The third-order valence-electron chi connectivity index (χ3n) is 3.10. The second-order valence-electron chi connectivity index (χ2n) is 4.85. The standard InChI is InChI=1S/C16H10F6O2/c17-15(18,19)12-5-1-10(2-6-12)9-24-14(23)11-3-7-13(8-4-11)16(20,21)22/h1-8H,9H2. The van der Waals surface area contributed by atoms with Crippen LogP contribution in [0.5, 0.6) is 0 Å². The molecule has 2 aromatic rings. The van der Waals surface area contributed by atoms with Crippen molar-refractivity contribution < 1.29 is 35.9 Å². The van der Waals surface area contributed by atoms with Crippen molar-refractivity contribution in [1.82, 2.24) is 0 Å². The van der Waals surface area contributed by atoms with Gasteiger partial charge < -0.3 is 4.74 Å². The Morgan fingerprint density at radius 3 is 1.58 bits per heavy atom. The Labute approximate surface area is 132 Å². The summed E-state index contributed by atoms with van der Waals surface area (Å²) in [6.45, 7) is -0.294. The van der Waals surface area contributed by atoms with Crippen molar-refractivity contribution in [2.24, 2.45) is 0 Å². The van der Waals surface area contributed by atoms with Gasteiger partial charge in [0.1, 0.15) is 6.61 Å². The lowest BCUT2D eigenvalue weighted by Gasteiger charge is -2.09. The number of halogens is 6. The molecule has 0 saturated carbocycles. The van der Waals surface area contributed by atoms with E-state index in [9.17, 15) is 31.1 Å². The van der Waals surface area contributed by atoms with Gasteiger partial charge in [0.15, 0.2) is 0 Å². The third-order valence-corrected chi connectivity index (χ3v) is 3.10. The number of benzene rings is 2. The fraction of sp³-hybridized carbons (Fsp3) is 0.188. The first-order chi connectivity index (χ1) is 11.1. The number of carbonyl (C=O) groups is 1. The molecule has 0 N–H and O–H groups in total. The molecule has 0 aliphatic heterocycles. The van der Waals surface area contributed by atoms with Crippen molar-refractivity contribution in [2.75, 3.05) is 0 Å². The normalized spacial score (nSPS) is 12.1. The fourth-order valence-electron chi connectivity index (χ4n) is 1.82. The SMILES string of the molecule is O=C(OCc1ccc(C(F)(F)F)cc1)c1ccc(C(F)(F)F)cc1. The third kappa shape index (κ3) is 4.50. The van der Waals surface area contributed by atoms with E-state index in [4.69, 9.17) is 4.74 Å². The summed E-state index contributed by atoms with van der Waals surface area (Å²) >= 11 is 0. The van der Waals surface area contributed by atoms with E-state index < -0.39 is 29.4 Å². The molecular formula is C16H10F6O2. The topological polar surface area (TPSA) is 26.3 Å². The van der Waals surface area contributed by atoms with Gasteiger partial charge in [-0.3, -0.25) is 0 Å². The van der Waals surface area contributed by atoms with E-state index in [1.807, 2.05) is 0 Å².